The molecule has 0 saturated heterocycles. The fourth-order valence-corrected chi connectivity index (χ4v) is 5.19. The first-order chi connectivity index (χ1) is 13.0. The number of nitrogens with zero attached hydrogens (tertiary/aromatic N) is 1. The number of ether oxygens (including phenoxy) is 2. The lowest BCUT2D eigenvalue weighted by molar-refractivity contribution is 0.398. The molecule has 0 amide bonds. The third kappa shape index (κ3) is 4.68. The summed E-state index contributed by atoms with van der Waals surface area (Å²) in [5, 5.41) is 1.77. The minimum Gasteiger partial charge on any atom is -0.497 e. The van der Waals surface area contributed by atoms with Crippen LogP contribution in [0.25, 0.3) is 0 Å². The summed E-state index contributed by atoms with van der Waals surface area (Å²) < 4.78 is 38.4. The Balaban J connectivity index is 1.89. The fourth-order valence-electron chi connectivity index (χ4n) is 2.63. The van der Waals surface area contributed by atoms with Crippen LogP contribution in [0.3, 0.4) is 0 Å². The second-order valence-electron chi connectivity index (χ2n) is 5.90. The number of hydrogen-bond donors (Lipinski definition) is 0. The average Bonchev–Trinajstić information content (AvgIpc) is 3.24. The van der Waals surface area contributed by atoms with Gasteiger partial charge in [0.05, 0.1) is 14.2 Å². The van der Waals surface area contributed by atoms with Crippen LogP contribution >= 0.6 is 11.3 Å². The largest absolute Gasteiger partial charge is 0.497 e. The third-order valence-electron chi connectivity index (χ3n) is 4.13. The van der Waals surface area contributed by atoms with Gasteiger partial charge in [-0.15, -0.1) is 11.3 Å². The Morgan fingerprint density at radius 3 is 1.67 bits per heavy atom. The molecule has 5 nitrogen and oxygen atoms in total. The number of hydrogen-bond acceptors (Lipinski definition) is 5. The van der Waals surface area contributed by atoms with E-state index in [1.807, 2.05) is 48.5 Å². The molecule has 27 heavy (non-hydrogen) atoms. The van der Waals surface area contributed by atoms with Crippen LogP contribution in [-0.4, -0.2) is 26.9 Å². The first-order valence-electron chi connectivity index (χ1n) is 8.32. The molecule has 0 radical (unpaired) electrons. The summed E-state index contributed by atoms with van der Waals surface area (Å²) in [5.41, 5.74) is 1.79. The SMILES string of the molecule is COc1ccc(CN(Cc2ccc(OC)cc2)S(=O)(=O)c2cccs2)cc1. The van der Waals surface area contributed by atoms with Gasteiger partial charge in [0.25, 0.3) is 10.0 Å². The van der Waals surface area contributed by atoms with Gasteiger partial charge in [0.1, 0.15) is 15.7 Å². The highest BCUT2D eigenvalue weighted by molar-refractivity contribution is 7.91. The van der Waals surface area contributed by atoms with Gasteiger partial charge in [0.2, 0.25) is 0 Å². The van der Waals surface area contributed by atoms with Crippen LogP contribution in [0.2, 0.25) is 0 Å². The molecule has 0 aliphatic heterocycles. The zero-order valence-corrected chi connectivity index (χ0v) is 16.8. The number of thiophene rings is 1. The molecule has 142 valence electrons. The molecule has 0 saturated carbocycles. The van der Waals surface area contributed by atoms with E-state index in [4.69, 9.17) is 9.47 Å². The Labute approximate surface area is 163 Å². The lowest BCUT2D eigenvalue weighted by Crippen LogP contribution is -2.29. The molecule has 7 heteroatoms. The normalized spacial score (nSPS) is 11.5. The van der Waals surface area contributed by atoms with Gasteiger partial charge in [-0.2, -0.15) is 4.31 Å². The Morgan fingerprint density at radius 1 is 0.815 bits per heavy atom. The molecule has 0 unspecified atom stereocenters. The molecule has 2 aromatic carbocycles. The number of methoxy groups -OCH3 is 2. The fraction of sp³-hybridized carbons (Fsp3) is 0.200. The number of sulfonamides is 1. The second kappa shape index (κ2) is 8.56. The molecule has 0 aliphatic carbocycles. The van der Waals surface area contributed by atoms with Crippen LogP contribution in [0.15, 0.2) is 70.3 Å². The molecular formula is C20H21NO4S2. The van der Waals surface area contributed by atoms with Crippen molar-refractivity contribution >= 4 is 21.4 Å². The first kappa shape index (κ1) is 19.4. The van der Waals surface area contributed by atoms with Crippen LogP contribution in [0.4, 0.5) is 0 Å². The summed E-state index contributed by atoms with van der Waals surface area (Å²) in [6, 6.07) is 18.2. The van der Waals surface area contributed by atoms with Crippen LogP contribution in [0.1, 0.15) is 11.1 Å². The maximum Gasteiger partial charge on any atom is 0.253 e. The predicted molar refractivity (Wildman–Crippen MR) is 107 cm³/mol. The van der Waals surface area contributed by atoms with Gasteiger partial charge in [-0.05, 0) is 46.8 Å². The van der Waals surface area contributed by atoms with Crippen molar-refractivity contribution in [3.63, 3.8) is 0 Å². The van der Waals surface area contributed by atoms with E-state index in [1.165, 1.54) is 15.6 Å². The molecule has 0 spiro atoms. The van der Waals surface area contributed by atoms with Gasteiger partial charge in [-0.3, -0.25) is 0 Å². The van der Waals surface area contributed by atoms with Crippen molar-refractivity contribution in [3.8, 4) is 11.5 Å². The summed E-state index contributed by atoms with van der Waals surface area (Å²) in [5.74, 6) is 1.48. The molecule has 0 aliphatic rings. The van der Waals surface area contributed by atoms with E-state index in [9.17, 15) is 8.42 Å². The molecule has 1 aromatic heterocycles. The van der Waals surface area contributed by atoms with Gasteiger partial charge in [0, 0.05) is 13.1 Å². The van der Waals surface area contributed by atoms with Crippen LogP contribution in [0.5, 0.6) is 11.5 Å². The van der Waals surface area contributed by atoms with E-state index in [0.717, 1.165) is 22.6 Å². The van der Waals surface area contributed by atoms with Crippen LogP contribution < -0.4 is 9.47 Å². The molecule has 0 N–H and O–H groups in total. The zero-order chi connectivity index (χ0) is 19.3. The maximum absolute atomic E-state index is 13.1. The van der Waals surface area contributed by atoms with E-state index in [1.54, 1.807) is 31.7 Å². The highest BCUT2D eigenvalue weighted by Gasteiger charge is 2.26. The van der Waals surface area contributed by atoms with Crippen molar-refractivity contribution in [1.82, 2.24) is 4.31 Å². The molecular weight excluding hydrogens is 382 g/mol. The predicted octanol–water partition coefficient (Wildman–Crippen LogP) is 4.16. The lowest BCUT2D eigenvalue weighted by Gasteiger charge is -2.22. The van der Waals surface area contributed by atoms with Gasteiger partial charge in [-0.1, -0.05) is 30.3 Å². The average molecular weight is 404 g/mol. The molecule has 0 fully saturated rings. The molecule has 0 atom stereocenters. The highest BCUT2D eigenvalue weighted by atomic mass is 32.2. The summed E-state index contributed by atoms with van der Waals surface area (Å²) in [7, 11) is -0.389. The second-order valence-corrected chi connectivity index (χ2v) is 9.01. The topological polar surface area (TPSA) is 55.8 Å². The summed E-state index contributed by atoms with van der Waals surface area (Å²) in [4.78, 5) is 0. The Kier molecular flexibility index (Phi) is 6.15. The van der Waals surface area contributed by atoms with E-state index in [0.29, 0.717) is 4.21 Å². The monoisotopic (exact) mass is 403 g/mol. The number of benzene rings is 2. The minimum atomic E-state index is -3.60. The van der Waals surface area contributed by atoms with E-state index < -0.39 is 10.0 Å². The van der Waals surface area contributed by atoms with Crippen molar-refractivity contribution in [3.05, 3.63) is 77.2 Å². The standard InChI is InChI=1S/C20H21NO4S2/c1-24-18-9-5-16(6-10-18)14-21(27(22,23)20-4-3-13-26-20)15-17-7-11-19(25-2)12-8-17/h3-13H,14-15H2,1-2H3. The van der Waals surface area contributed by atoms with Crippen LogP contribution in [-0.2, 0) is 23.1 Å². The van der Waals surface area contributed by atoms with Gasteiger partial charge < -0.3 is 9.47 Å². The van der Waals surface area contributed by atoms with E-state index in [2.05, 4.69) is 0 Å². The minimum absolute atomic E-state index is 0.274. The molecule has 0 bridgehead atoms. The van der Waals surface area contributed by atoms with Crippen molar-refractivity contribution in [2.45, 2.75) is 17.3 Å². The first-order valence-corrected chi connectivity index (χ1v) is 10.6. The van der Waals surface area contributed by atoms with Gasteiger partial charge >= 0.3 is 0 Å². The highest BCUT2D eigenvalue weighted by Crippen LogP contribution is 2.25. The third-order valence-corrected chi connectivity index (χ3v) is 7.29. The van der Waals surface area contributed by atoms with Crippen molar-refractivity contribution < 1.29 is 17.9 Å². The molecule has 1 heterocycles. The van der Waals surface area contributed by atoms with Gasteiger partial charge in [-0.25, -0.2) is 8.42 Å². The smallest absolute Gasteiger partial charge is 0.253 e. The summed E-state index contributed by atoms with van der Waals surface area (Å²) in [6.07, 6.45) is 0. The Hall–Kier alpha value is -2.35. The maximum atomic E-state index is 13.1. The Bertz CT molecular complexity index is 901. The molecule has 3 rings (SSSR count). The molecule has 3 aromatic rings. The quantitative estimate of drug-likeness (QED) is 0.567. The lowest BCUT2D eigenvalue weighted by atomic mass is 10.2. The number of rotatable bonds is 8. The van der Waals surface area contributed by atoms with Crippen molar-refractivity contribution in [1.29, 1.82) is 0 Å². The Morgan fingerprint density at radius 2 is 1.30 bits per heavy atom. The van der Waals surface area contributed by atoms with E-state index >= 15 is 0 Å². The summed E-state index contributed by atoms with van der Waals surface area (Å²) in [6.45, 7) is 0.548. The van der Waals surface area contributed by atoms with Crippen molar-refractivity contribution in [2.24, 2.45) is 0 Å². The van der Waals surface area contributed by atoms with Crippen LogP contribution in [0, 0.1) is 0 Å². The summed E-state index contributed by atoms with van der Waals surface area (Å²) >= 11 is 1.22. The van der Waals surface area contributed by atoms with Crippen molar-refractivity contribution in [2.75, 3.05) is 14.2 Å². The van der Waals surface area contributed by atoms with Gasteiger partial charge in [0.15, 0.2) is 0 Å². The zero-order valence-electron chi connectivity index (χ0n) is 15.2. The van der Waals surface area contributed by atoms with E-state index in [-0.39, 0.29) is 13.1 Å².